The number of nitrogens with one attached hydrogen (secondary N) is 1. The summed E-state index contributed by atoms with van der Waals surface area (Å²) in [6.07, 6.45) is 1.35. The number of ether oxygens (including phenoxy) is 2. The number of nitrogens with zero attached hydrogens (tertiary/aromatic N) is 2. The standard InChI is InChI=1S/C26H27N3O6S/c1-34-23-15-14-21(17-24(23)35-2)29(36(32,33)22-7-4-3-5-8-22)18-25(30)27-19-10-12-20(13-11-19)28-16-6-9-26(28)31/h3-5,7-8,10-15,17H,6,9,16,18H2,1-2H3,(H,27,30). The molecule has 1 heterocycles. The molecular formula is C26H27N3O6S. The van der Waals surface area contributed by atoms with Gasteiger partial charge in [0.2, 0.25) is 11.8 Å². The highest BCUT2D eigenvalue weighted by atomic mass is 32.2. The van der Waals surface area contributed by atoms with Crippen LogP contribution in [0.3, 0.4) is 0 Å². The molecule has 10 heteroatoms. The third-order valence-electron chi connectivity index (χ3n) is 5.81. The van der Waals surface area contributed by atoms with E-state index in [0.717, 1.165) is 16.4 Å². The molecular weight excluding hydrogens is 482 g/mol. The van der Waals surface area contributed by atoms with Crippen molar-refractivity contribution < 1.29 is 27.5 Å². The Morgan fingerprint density at radius 3 is 2.28 bits per heavy atom. The predicted octanol–water partition coefficient (Wildman–Crippen LogP) is 3.66. The van der Waals surface area contributed by atoms with Gasteiger partial charge < -0.3 is 19.7 Å². The van der Waals surface area contributed by atoms with Crippen molar-refractivity contribution in [3.63, 3.8) is 0 Å². The summed E-state index contributed by atoms with van der Waals surface area (Å²) in [6.45, 7) is 0.196. The van der Waals surface area contributed by atoms with E-state index in [1.807, 2.05) is 0 Å². The maximum atomic E-state index is 13.5. The Labute approximate surface area is 210 Å². The highest BCUT2D eigenvalue weighted by molar-refractivity contribution is 7.92. The van der Waals surface area contributed by atoms with Gasteiger partial charge in [0, 0.05) is 30.4 Å². The second-order valence-corrected chi connectivity index (χ2v) is 9.97. The molecule has 0 saturated carbocycles. The van der Waals surface area contributed by atoms with Crippen molar-refractivity contribution >= 4 is 38.9 Å². The number of rotatable bonds is 9. The molecule has 0 aromatic heterocycles. The first kappa shape index (κ1) is 25.1. The topological polar surface area (TPSA) is 105 Å². The lowest BCUT2D eigenvalue weighted by molar-refractivity contribution is -0.117. The summed E-state index contributed by atoms with van der Waals surface area (Å²) in [5.41, 5.74) is 1.49. The second kappa shape index (κ2) is 10.7. The number of carbonyl (C=O) groups is 2. The third kappa shape index (κ3) is 5.28. The van der Waals surface area contributed by atoms with E-state index < -0.39 is 22.5 Å². The van der Waals surface area contributed by atoms with Crippen LogP contribution in [-0.4, -0.2) is 47.5 Å². The Bertz CT molecular complexity index is 1340. The highest BCUT2D eigenvalue weighted by Crippen LogP contribution is 2.34. The van der Waals surface area contributed by atoms with E-state index in [0.29, 0.717) is 30.2 Å². The van der Waals surface area contributed by atoms with E-state index in [-0.39, 0.29) is 16.5 Å². The normalized spacial score (nSPS) is 13.4. The largest absolute Gasteiger partial charge is 0.493 e. The third-order valence-corrected chi connectivity index (χ3v) is 7.60. The quantitative estimate of drug-likeness (QED) is 0.472. The fourth-order valence-electron chi connectivity index (χ4n) is 3.99. The first-order chi connectivity index (χ1) is 17.3. The van der Waals surface area contributed by atoms with Crippen LogP contribution in [0, 0.1) is 0 Å². The summed E-state index contributed by atoms with van der Waals surface area (Å²) in [6, 6.07) is 19.4. The number of hydrogen-bond acceptors (Lipinski definition) is 6. The molecule has 3 aromatic rings. The van der Waals surface area contributed by atoms with E-state index in [1.54, 1.807) is 59.5 Å². The molecule has 0 spiro atoms. The van der Waals surface area contributed by atoms with Gasteiger partial charge >= 0.3 is 0 Å². The number of anilines is 3. The summed E-state index contributed by atoms with van der Waals surface area (Å²) in [7, 11) is -1.15. The van der Waals surface area contributed by atoms with Gasteiger partial charge in [-0.25, -0.2) is 8.42 Å². The molecule has 1 N–H and O–H groups in total. The molecule has 3 aromatic carbocycles. The lowest BCUT2D eigenvalue weighted by Gasteiger charge is -2.25. The van der Waals surface area contributed by atoms with Gasteiger partial charge in [0.15, 0.2) is 11.5 Å². The molecule has 0 aliphatic carbocycles. The first-order valence-corrected chi connectivity index (χ1v) is 12.8. The summed E-state index contributed by atoms with van der Waals surface area (Å²) < 4.78 is 38.7. The van der Waals surface area contributed by atoms with Crippen LogP contribution < -0.4 is 24.0 Å². The fourth-order valence-corrected chi connectivity index (χ4v) is 5.43. The summed E-state index contributed by atoms with van der Waals surface area (Å²) in [4.78, 5) is 26.7. The van der Waals surface area contributed by atoms with Crippen LogP contribution in [0.2, 0.25) is 0 Å². The highest BCUT2D eigenvalue weighted by Gasteiger charge is 2.28. The van der Waals surface area contributed by atoms with E-state index >= 15 is 0 Å². The number of methoxy groups -OCH3 is 2. The van der Waals surface area contributed by atoms with Crippen LogP contribution in [0.4, 0.5) is 17.1 Å². The molecule has 0 unspecified atom stereocenters. The monoisotopic (exact) mass is 509 g/mol. The SMILES string of the molecule is COc1ccc(N(CC(=O)Nc2ccc(N3CCCC3=O)cc2)S(=O)(=O)c2ccccc2)cc1OC. The summed E-state index contributed by atoms with van der Waals surface area (Å²) in [5.74, 6) is 0.299. The minimum Gasteiger partial charge on any atom is -0.493 e. The Balaban J connectivity index is 1.59. The van der Waals surface area contributed by atoms with Crippen molar-refractivity contribution in [1.82, 2.24) is 0 Å². The molecule has 1 aliphatic heterocycles. The van der Waals surface area contributed by atoms with Crippen molar-refractivity contribution in [3.8, 4) is 11.5 Å². The number of hydrogen-bond donors (Lipinski definition) is 1. The molecule has 188 valence electrons. The molecule has 1 aliphatic rings. The number of benzene rings is 3. The zero-order valence-electron chi connectivity index (χ0n) is 20.0. The van der Waals surface area contributed by atoms with Gasteiger partial charge in [-0.1, -0.05) is 18.2 Å². The molecule has 0 bridgehead atoms. The van der Waals surface area contributed by atoms with Gasteiger partial charge in [-0.15, -0.1) is 0 Å². The van der Waals surface area contributed by atoms with Gasteiger partial charge in [0.25, 0.3) is 10.0 Å². The number of carbonyl (C=O) groups excluding carboxylic acids is 2. The van der Waals surface area contributed by atoms with Crippen LogP contribution >= 0.6 is 0 Å². The summed E-state index contributed by atoms with van der Waals surface area (Å²) in [5, 5.41) is 2.74. The molecule has 2 amide bonds. The zero-order valence-corrected chi connectivity index (χ0v) is 20.8. The van der Waals surface area contributed by atoms with Gasteiger partial charge in [-0.05, 0) is 55.0 Å². The predicted molar refractivity (Wildman–Crippen MR) is 137 cm³/mol. The average molecular weight is 510 g/mol. The van der Waals surface area contributed by atoms with Crippen LogP contribution in [0.5, 0.6) is 11.5 Å². The van der Waals surface area contributed by atoms with Crippen LogP contribution in [0.1, 0.15) is 12.8 Å². The summed E-state index contributed by atoms with van der Waals surface area (Å²) >= 11 is 0. The fraction of sp³-hybridized carbons (Fsp3) is 0.231. The number of sulfonamides is 1. The molecule has 0 radical (unpaired) electrons. The van der Waals surface area contributed by atoms with Gasteiger partial charge in [-0.3, -0.25) is 13.9 Å². The average Bonchev–Trinajstić information content (AvgIpc) is 3.33. The van der Waals surface area contributed by atoms with Crippen molar-refractivity contribution in [2.24, 2.45) is 0 Å². The molecule has 4 rings (SSSR count). The van der Waals surface area contributed by atoms with Crippen molar-refractivity contribution in [2.45, 2.75) is 17.7 Å². The van der Waals surface area contributed by atoms with Crippen LogP contribution in [0.15, 0.2) is 77.7 Å². The van der Waals surface area contributed by atoms with Crippen LogP contribution in [0.25, 0.3) is 0 Å². The lowest BCUT2D eigenvalue weighted by atomic mass is 10.2. The molecule has 9 nitrogen and oxygen atoms in total. The zero-order chi connectivity index (χ0) is 25.7. The Kier molecular flexibility index (Phi) is 7.44. The van der Waals surface area contributed by atoms with E-state index in [2.05, 4.69) is 5.32 Å². The van der Waals surface area contributed by atoms with Crippen molar-refractivity contribution in [2.75, 3.05) is 41.8 Å². The lowest BCUT2D eigenvalue weighted by Crippen LogP contribution is -2.38. The molecule has 1 fully saturated rings. The number of amides is 2. The molecule has 1 saturated heterocycles. The first-order valence-electron chi connectivity index (χ1n) is 11.3. The Morgan fingerprint density at radius 2 is 1.67 bits per heavy atom. The van der Waals surface area contributed by atoms with Gasteiger partial charge in [-0.2, -0.15) is 0 Å². The maximum Gasteiger partial charge on any atom is 0.264 e. The van der Waals surface area contributed by atoms with E-state index in [1.165, 1.54) is 32.4 Å². The molecule has 0 atom stereocenters. The minimum absolute atomic E-state index is 0.0484. The molecule has 36 heavy (non-hydrogen) atoms. The smallest absolute Gasteiger partial charge is 0.264 e. The van der Waals surface area contributed by atoms with Crippen molar-refractivity contribution in [1.29, 1.82) is 0 Å². The van der Waals surface area contributed by atoms with Gasteiger partial charge in [0.1, 0.15) is 6.54 Å². The maximum absolute atomic E-state index is 13.5. The van der Waals surface area contributed by atoms with E-state index in [4.69, 9.17) is 9.47 Å². The van der Waals surface area contributed by atoms with Crippen LogP contribution in [-0.2, 0) is 19.6 Å². The second-order valence-electron chi connectivity index (χ2n) is 8.11. The Hall–Kier alpha value is -4.05. The van der Waals surface area contributed by atoms with Gasteiger partial charge in [0.05, 0.1) is 24.8 Å². The van der Waals surface area contributed by atoms with Crippen molar-refractivity contribution in [3.05, 3.63) is 72.8 Å². The Morgan fingerprint density at radius 1 is 0.972 bits per heavy atom. The van der Waals surface area contributed by atoms with E-state index in [9.17, 15) is 18.0 Å². The minimum atomic E-state index is -4.08.